The molecule has 0 aromatic heterocycles. The first kappa shape index (κ1) is 34.1. The number of ketones is 1. The van der Waals surface area contributed by atoms with Crippen LogP contribution in [0.15, 0.2) is 23.1 Å². The Morgan fingerprint density at radius 2 is 1.74 bits per heavy atom. The fourth-order valence-electron chi connectivity index (χ4n) is 12.0. The number of benzene rings is 1. The van der Waals surface area contributed by atoms with Crippen LogP contribution in [0.4, 0.5) is 5.69 Å². The molecule has 5 aliphatic rings. The first-order valence-corrected chi connectivity index (χ1v) is 19.9. The Bertz CT molecular complexity index is 1440. The van der Waals surface area contributed by atoms with Crippen LogP contribution in [0.5, 0.6) is 0 Å². The quantitative estimate of drug-likeness (QED) is 0.320. The number of sulfone groups is 1. The Hall–Kier alpha value is -1.77. The molecule has 4 aliphatic carbocycles. The van der Waals surface area contributed by atoms with E-state index in [1.807, 2.05) is 0 Å². The van der Waals surface area contributed by atoms with E-state index in [-0.39, 0.29) is 52.0 Å². The Balaban J connectivity index is 1.06. The SMILES string of the molecule is CC[C@H]1[C@@H](O)[C@@H]2[C@H](CC[C@]3(C)[C@@H]([C@H](C)CCCC(=O)CS(=O)(=O)c4ccc5c(c4)CCN5C(C)=O)CC[C@@H]23)[C@@]2(C)CC[C@@H](O)C[C@@H]12. The highest BCUT2D eigenvalue weighted by Crippen LogP contribution is 2.69. The zero-order valence-corrected chi connectivity index (χ0v) is 29.5. The fourth-order valence-corrected chi connectivity index (χ4v) is 13.4. The van der Waals surface area contributed by atoms with Gasteiger partial charge in [-0.05, 0) is 134 Å². The minimum Gasteiger partial charge on any atom is -0.393 e. The number of amides is 1. The number of nitrogens with zero attached hydrogens (tertiary/aromatic N) is 1. The molecule has 256 valence electrons. The number of anilines is 1. The highest BCUT2D eigenvalue weighted by atomic mass is 32.2. The molecule has 0 bridgehead atoms. The van der Waals surface area contributed by atoms with Crippen LogP contribution in [-0.2, 0) is 25.8 Å². The Morgan fingerprint density at radius 1 is 1.02 bits per heavy atom. The predicted octanol–water partition coefficient (Wildman–Crippen LogP) is 6.37. The molecule has 1 heterocycles. The van der Waals surface area contributed by atoms with E-state index in [4.69, 9.17) is 0 Å². The van der Waals surface area contributed by atoms with Crippen LogP contribution >= 0.6 is 0 Å². The molecule has 0 radical (unpaired) electrons. The van der Waals surface area contributed by atoms with Gasteiger partial charge in [-0.2, -0.15) is 0 Å². The molecule has 4 fully saturated rings. The van der Waals surface area contributed by atoms with E-state index in [1.165, 1.54) is 19.4 Å². The van der Waals surface area contributed by atoms with Gasteiger partial charge in [-0.3, -0.25) is 9.59 Å². The topological polar surface area (TPSA) is 112 Å². The maximum Gasteiger partial charge on any atom is 0.223 e. The van der Waals surface area contributed by atoms with E-state index in [9.17, 15) is 28.2 Å². The molecule has 4 saturated carbocycles. The second kappa shape index (κ2) is 12.6. The van der Waals surface area contributed by atoms with Crippen molar-refractivity contribution in [2.45, 2.75) is 129 Å². The molecule has 1 aromatic rings. The van der Waals surface area contributed by atoms with Crippen LogP contribution in [0.2, 0.25) is 0 Å². The van der Waals surface area contributed by atoms with Gasteiger partial charge in [-0.1, -0.05) is 40.5 Å². The van der Waals surface area contributed by atoms with Crippen molar-refractivity contribution in [2.75, 3.05) is 17.2 Å². The van der Waals surface area contributed by atoms with Crippen LogP contribution < -0.4 is 4.90 Å². The number of hydrogen-bond acceptors (Lipinski definition) is 6. The van der Waals surface area contributed by atoms with E-state index in [1.54, 1.807) is 17.0 Å². The van der Waals surface area contributed by atoms with Gasteiger partial charge in [0.25, 0.3) is 0 Å². The zero-order chi connectivity index (χ0) is 33.2. The summed E-state index contributed by atoms with van der Waals surface area (Å²) in [5, 5.41) is 22.5. The first-order valence-electron chi connectivity index (χ1n) is 18.2. The van der Waals surface area contributed by atoms with Crippen LogP contribution in [0.1, 0.15) is 111 Å². The molecule has 7 nitrogen and oxygen atoms in total. The average molecular weight is 656 g/mol. The molecular formula is C38H57NO6S. The van der Waals surface area contributed by atoms with Gasteiger partial charge in [-0.25, -0.2) is 8.42 Å². The third-order valence-corrected chi connectivity index (χ3v) is 16.0. The van der Waals surface area contributed by atoms with Gasteiger partial charge >= 0.3 is 0 Å². The lowest BCUT2D eigenvalue weighted by Gasteiger charge is -2.64. The third-order valence-electron chi connectivity index (χ3n) is 14.3. The number of carbonyl (C=O) groups excluding carboxylic acids is 2. The second-order valence-corrected chi connectivity index (χ2v) is 18.5. The van der Waals surface area contributed by atoms with Crippen molar-refractivity contribution in [1.29, 1.82) is 0 Å². The molecule has 0 spiro atoms. The second-order valence-electron chi connectivity index (χ2n) is 16.5. The van der Waals surface area contributed by atoms with E-state index in [2.05, 4.69) is 27.7 Å². The van der Waals surface area contributed by atoms with Gasteiger partial charge in [0.15, 0.2) is 9.84 Å². The summed E-state index contributed by atoms with van der Waals surface area (Å²) in [6, 6.07) is 4.86. The van der Waals surface area contributed by atoms with Crippen LogP contribution in [0.25, 0.3) is 0 Å². The van der Waals surface area contributed by atoms with Crippen LogP contribution in [0, 0.1) is 52.3 Å². The molecule has 2 N–H and O–H groups in total. The highest BCUT2D eigenvalue weighted by molar-refractivity contribution is 7.92. The van der Waals surface area contributed by atoms with Crippen molar-refractivity contribution in [2.24, 2.45) is 52.3 Å². The maximum absolute atomic E-state index is 13.1. The van der Waals surface area contributed by atoms with Gasteiger partial charge in [-0.15, -0.1) is 0 Å². The Kier molecular flexibility index (Phi) is 9.34. The molecule has 0 saturated heterocycles. The Labute approximate surface area is 276 Å². The predicted molar refractivity (Wildman–Crippen MR) is 180 cm³/mol. The molecule has 1 aliphatic heterocycles. The van der Waals surface area contributed by atoms with Crippen molar-refractivity contribution < 1.29 is 28.2 Å². The average Bonchev–Trinajstić information content (AvgIpc) is 3.59. The first-order chi connectivity index (χ1) is 21.7. The lowest BCUT2D eigenvalue weighted by atomic mass is 9.41. The van der Waals surface area contributed by atoms with Gasteiger partial charge in [0.1, 0.15) is 11.5 Å². The summed E-state index contributed by atoms with van der Waals surface area (Å²) >= 11 is 0. The lowest BCUT2D eigenvalue weighted by molar-refractivity contribution is -0.203. The van der Waals surface area contributed by atoms with E-state index < -0.39 is 15.6 Å². The molecule has 0 unspecified atom stereocenters. The van der Waals surface area contributed by atoms with Crippen molar-refractivity contribution in [1.82, 2.24) is 0 Å². The maximum atomic E-state index is 13.1. The molecule has 11 atom stereocenters. The van der Waals surface area contributed by atoms with Crippen LogP contribution in [-0.4, -0.2) is 54.8 Å². The summed E-state index contributed by atoms with van der Waals surface area (Å²) in [6.45, 7) is 11.6. The van der Waals surface area contributed by atoms with Crippen molar-refractivity contribution in [3.05, 3.63) is 23.8 Å². The lowest BCUT2D eigenvalue weighted by Crippen LogP contribution is -2.62. The summed E-state index contributed by atoms with van der Waals surface area (Å²) in [6.07, 6.45) is 10.4. The number of aliphatic hydroxyl groups excluding tert-OH is 2. The smallest absolute Gasteiger partial charge is 0.223 e. The zero-order valence-electron chi connectivity index (χ0n) is 28.7. The summed E-state index contributed by atoms with van der Waals surface area (Å²) in [4.78, 5) is 26.6. The fraction of sp³-hybridized carbons (Fsp3) is 0.789. The van der Waals surface area contributed by atoms with Gasteiger partial charge in [0, 0.05) is 25.6 Å². The molecule has 1 aromatic carbocycles. The largest absolute Gasteiger partial charge is 0.393 e. The molecule has 46 heavy (non-hydrogen) atoms. The molecule has 8 heteroatoms. The number of aliphatic hydroxyl groups is 2. The number of Topliss-reactive ketones (excluding diaryl/α,β-unsaturated/α-hetero) is 1. The summed E-state index contributed by atoms with van der Waals surface area (Å²) in [7, 11) is -3.74. The standard InChI is InChI=1S/C38H57NO6S/c1-6-29-33-21-26(41)14-17-38(33,5)32-15-18-37(4)30(11-12-31(37)35(32)36(29)43)23(2)8-7-9-27(42)22-46(44,45)28-10-13-34-25(20-28)16-19-39(34)24(3)40/h10,13,20,23,26,29-33,35-36,41,43H,6-9,11-12,14-19,21-22H2,1-5H3/t23-,26-,29-,30-,31+,32+,33+,35+,36-,37-,38-/m1/s1. The van der Waals surface area contributed by atoms with E-state index in [0.717, 1.165) is 62.6 Å². The molecular weight excluding hydrogens is 598 g/mol. The normalized spacial score (nSPS) is 39.2. The number of fused-ring (bicyclic) bond motifs is 6. The third kappa shape index (κ3) is 5.70. The van der Waals surface area contributed by atoms with Gasteiger partial charge in [0.05, 0.1) is 17.1 Å². The number of carbonyl (C=O) groups is 2. The summed E-state index contributed by atoms with van der Waals surface area (Å²) in [5.41, 5.74) is 1.98. The van der Waals surface area contributed by atoms with Crippen molar-refractivity contribution >= 4 is 27.2 Å². The minimum atomic E-state index is -3.74. The Morgan fingerprint density at radius 3 is 2.46 bits per heavy atom. The van der Waals surface area contributed by atoms with Gasteiger partial charge in [0.2, 0.25) is 5.91 Å². The minimum absolute atomic E-state index is 0.0567. The number of rotatable bonds is 9. The summed E-state index contributed by atoms with van der Waals surface area (Å²) < 4.78 is 26.3. The highest BCUT2D eigenvalue weighted by Gasteiger charge is 2.64. The van der Waals surface area contributed by atoms with Crippen LogP contribution in [0.3, 0.4) is 0 Å². The van der Waals surface area contributed by atoms with Crippen molar-refractivity contribution in [3.63, 3.8) is 0 Å². The summed E-state index contributed by atoms with van der Waals surface area (Å²) in [5.74, 6) is 2.24. The molecule has 6 rings (SSSR count). The monoisotopic (exact) mass is 655 g/mol. The molecule has 1 amide bonds. The van der Waals surface area contributed by atoms with Crippen molar-refractivity contribution in [3.8, 4) is 0 Å². The van der Waals surface area contributed by atoms with E-state index >= 15 is 0 Å². The number of hydrogen-bond donors (Lipinski definition) is 2. The van der Waals surface area contributed by atoms with E-state index in [0.29, 0.717) is 54.9 Å². The van der Waals surface area contributed by atoms with Gasteiger partial charge < -0.3 is 15.1 Å².